The van der Waals surface area contributed by atoms with Crippen LogP contribution in [0, 0.1) is 51.8 Å². The Morgan fingerprint density at radius 1 is 0.625 bits per heavy atom. The summed E-state index contributed by atoms with van der Waals surface area (Å²) in [7, 11) is 0. The first-order valence-electron chi connectivity index (χ1n) is 11.0. The van der Waals surface area contributed by atoms with Gasteiger partial charge in [0.25, 0.3) is 0 Å². The van der Waals surface area contributed by atoms with Crippen LogP contribution in [-0.4, -0.2) is 0 Å². The van der Waals surface area contributed by atoms with E-state index in [2.05, 4.69) is 69.2 Å². The molecule has 0 amide bonds. The Balaban J connectivity index is 2.18. The highest BCUT2D eigenvalue weighted by atomic mass is 14.7. The first-order chi connectivity index (χ1) is 11.0. The molecule has 8 unspecified atom stereocenters. The lowest BCUT2D eigenvalue weighted by Gasteiger charge is -2.68. The molecule has 2 aliphatic rings. The lowest BCUT2D eigenvalue weighted by Crippen LogP contribution is -2.63. The molecule has 0 heteroatoms. The van der Waals surface area contributed by atoms with Gasteiger partial charge in [-0.3, -0.25) is 0 Å². The monoisotopic (exact) mass is 334 g/mol. The molecule has 0 heterocycles. The average molecular weight is 335 g/mol. The summed E-state index contributed by atoms with van der Waals surface area (Å²) in [5.74, 6) is 5.99. The van der Waals surface area contributed by atoms with Crippen molar-refractivity contribution in [3.63, 3.8) is 0 Å². The summed E-state index contributed by atoms with van der Waals surface area (Å²) in [6.07, 6.45) is 6.79. The Hall–Kier alpha value is 0. The van der Waals surface area contributed by atoms with Crippen LogP contribution >= 0.6 is 0 Å². The normalized spacial score (nSPS) is 40.8. The molecule has 24 heavy (non-hydrogen) atoms. The Morgan fingerprint density at radius 2 is 1.12 bits per heavy atom. The molecule has 0 spiro atoms. The number of hydrogen-bond donors (Lipinski definition) is 0. The van der Waals surface area contributed by atoms with Gasteiger partial charge in [0.1, 0.15) is 0 Å². The molecule has 2 aliphatic carbocycles. The molecule has 0 bridgehead atoms. The molecular formula is C24H46. The topological polar surface area (TPSA) is 0 Å². The molecule has 0 nitrogen and oxygen atoms in total. The van der Waals surface area contributed by atoms with Crippen molar-refractivity contribution >= 4 is 0 Å². The van der Waals surface area contributed by atoms with E-state index in [4.69, 9.17) is 0 Å². The van der Waals surface area contributed by atoms with E-state index in [1.807, 2.05) is 0 Å². The van der Waals surface area contributed by atoms with Crippen LogP contribution in [0.4, 0.5) is 0 Å². The van der Waals surface area contributed by atoms with Crippen LogP contribution in [0.25, 0.3) is 0 Å². The van der Waals surface area contributed by atoms with E-state index >= 15 is 0 Å². The molecule has 142 valence electrons. The molecular weight excluding hydrogens is 288 g/mol. The summed E-state index contributed by atoms with van der Waals surface area (Å²) in [4.78, 5) is 0. The van der Waals surface area contributed by atoms with E-state index < -0.39 is 0 Å². The van der Waals surface area contributed by atoms with Gasteiger partial charge in [-0.1, -0.05) is 88.5 Å². The van der Waals surface area contributed by atoms with Crippen LogP contribution in [-0.2, 0) is 0 Å². The fraction of sp³-hybridized carbons (Fsp3) is 1.00. The van der Waals surface area contributed by atoms with Gasteiger partial charge in [0, 0.05) is 0 Å². The van der Waals surface area contributed by atoms with Crippen molar-refractivity contribution < 1.29 is 0 Å². The first-order valence-corrected chi connectivity index (χ1v) is 11.0. The minimum Gasteiger partial charge on any atom is -0.0649 e. The van der Waals surface area contributed by atoms with E-state index in [1.165, 1.54) is 32.1 Å². The summed E-state index contributed by atoms with van der Waals surface area (Å²) >= 11 is 0. The van der Waals surface area contributed by atoms with Crippen LogP contribution in [0.1, 0.15) is 101 Å². The molecule has 2 rings (SSSR count). The zero-order valence-corrected chi connectivity index (χ0v) is 18.5. The van der Waals surface area contributed by atoms with Crippen LogP contribution < -0.4 is 0 Å². The second kappa shape index (κ2) is 6.62. The highest BCUT2D eigenvalue weighted by Crippen LogP contribution is 2.68. The van der Waals surface area contributed by atoms with Crippen molar-refractivity contribution in [3.05, 3.63) is 0 Å². The quantitative estimate of drug-likeness (QED) is 0.424. The van der Waals surface area contributed by atoms with Gasteiger partial charge in [0.05, 0.1) is 0 Å². The fourth-order valence-corrected chi connectivity index (χ4v) is 6.86. The molecule has 2 saturated carbocycles. The van der Waals surface area contributed by atoms with E-state index in [0.29, 0.717) is 16.2 Å². The van der Waals surface area contributed by atoms with Gasteiger partial charge >= 0.3 is 0 Å². The van der Waals surface area contributed by atoms with Gasteiger partial charge in [0.15, 0.2) is 0 Å². The van der Waals surface area contributed by atoms with Crippen molar-refractivity contribution in [1.29, 1.82) is 0 Å². The predicted octanol–water partition coefficient (Wildman–Crippen LogP) is 7.82. The molecule has 0 saturated heterocycles. The zero-order valence-electron chi connectivity index (χ0n) is 18.5. The molecule has 0 radical (unpaired) electrons. The van der Waals surface area contributed by atoms with Gasteiger partial charge in [-0.25, -0.2) is 0 Å². The first kappa shape index (κ1) is 20.3. The molecule has 8 atom stereocenters. The Kier molecular flexibility index (Phi) is 5.61. The minimum atomic E-state index is 0.463. The maximum atomic E-state index is 2.63. The van der Waals surface area contributed by atoms with E-state index in [9.17, 15) is 0 Å². The smallest absolute Gasteiger partial charge is 0.0269 e. The van der Waals surface area contributed by atoms with Crippen LogP contribution in [0.5, 0.6) is 0 Å². The van der Waals surface area contributed by atoms with Crippen LogP contribution in [0.2, 0.25) is 0 Å². The number of fused-ring (bicyclic) bond motifs is 1. The van der Waals surface area contributed by atoms with Crippen LogP contribution in [0.15, 0.2) is 0 Å². The van der Waals surface area contributed by atoms with E-state index in [-0.39, 0.29) is 0 Å². The Morgan fingerprint density at radius 3 is 1.58 bits per heavy atom. The zero-order chi connectivity index (χ0) is 18.5. The van der Waals surface area contributed by atoms with Gasteiger partial charge in [-0.2, -0.15) is 0 Å². The largest absolute Gasteiger partial charge is 0.0649 e. The van der Waals surface area contributed by atoms with E-state index in [1.54, 1.807) is 0 Å². The van der Waals surface area contributed by atoms with Crippen molar-refractivity contribution in [1.82, 2.24) is 0 Å². The van der Waals surface area contributed by atoms with Gasteiger partial charge in [-0.05, 0) is 64.6 Å². The van der Waals surface area contributed by atoms with Crippen molar-refractivity contribution in [2.24, 2.45) is 51.8 Å². The summed E-state index contributed by atoms with van der Waals surface area (Å²) in [5.41, 5.74) is 1.41. The highest BCUT2D eigenvalue weighted by Gasteiger charge is 2.62. The average Bonchev–Trinajstić information content (AvgIpc) is 2.54. The lowest BCUT2D eigenvalue weighted by atomic mass is 9.37. The van der Waals surface area contributed by atoms with Crippen LogP contribution in [0.3, 0.4) is 0 Å². The molecule has 0 aliphatic heterocycles. The molecule has 0 aromatic carbocycles. The second-order valence-corrected chi connectivity index (χ2v) is 11.1. The molecule has 0 aromatic rings. The standard InChI is InChI=1S/C24H46/c1-11-22(7,8)15-24(10,13-3)23(9,12-2)14-19-18(6)20-16(4)17(5)21(19)20/h16-21H,11-15H2,1-10H3. The minimum absolute atomic E-state index is 0.463. The molecule has 0 aromatic heterocycles. The maximum absolute atomic E-state index is 2.63. The molecule has 2 fully saturated rings. The lowest BCUT2D eigenvalue weighted by molar-refractivity contribution is -0.204. The van der Waals surface area contributed by atoms with Gasteiger partial charge in [0.2, 0.25) is 0 Å². The predicted molar refractivity (Wildman–Crippen MR) is 108 cm³/mol. The number of hydrogen-bond acceptors (Lipinski definition) is 0. The third-order valence-corrected chi connectivity index (χ3v) is 9.79. The number of rotatable bonds is 8. The molecule has 0 N–H and O–H groups in total. The summed E-state index contributed by atoms with van der Waals surface area (Å²) in [5, 5.41) is 0. The summed E-state index contributed by atoms with van der Waals surface area (Å²) in [6, 6.07) is 0. The highest BCUT2D eigenvalue weighted by molar-refractivity contribution is 5.10. The van der Waals surface area contributed by atoms with Gasteiger partial charge in [-0.15, -0.1) is 0 Å². The van der Waals surface area contributed by atoms with Gasteiger partial charge < -0.3 is 0 Å². The maximum Gasteiger partial charge on any atom is -0.0269 e. The second-order valence-electron chi connectivity index (χ2n) is 11.1. The van der Waals surface area contributed by atoms with Crippen molar-refractivity contribution in [2.45, 2.75) is 101 Å². The summed E-state index contributed by atoms with van der Waals surface area (Å²) < 4.78 is 0. The Bertz CT molecular complexity index is 435. The summed E-state index contributed by atoms with van der Waals surface area (Å²) in [6.45, 7) is 25.1. The fourth-order valence-electron chi connectivity index (χ4n) is 6.86. The third kappa shape index (κ3) is 2.99. The third-order valence-electron chi connectivity index (χ3n) is 9.79. The van der Waals surface area contributed by atoms with E-state index in [0.717, 1.165) is 35.5 Å². The Labute approximate surface area is 153 Å². The SMILES string of the molecule is CCC(C)(C)CC(C)(CC)C(C)(CC)CC1C(C)C2C(C)C(C)C12. The van der Waals surface area contributed by atoms with Crippen molar-refractivity contribution in [2.75, 3.05) is 0 Å². The van der Waals surface area contributed by atoms with Crippen molar-refractivity contribution in [3.8, 4) is 0 Å².